The molecule has 2 aromatic carbocycles. The number of aryl methyl sites for hydroxylation is 1. The molecule has 2 aromatic rings. The van der Waals surface area contributed by atoms with Crippen molar-refractivity contribution in [1.82, 2.24) is 0 Å². The van der Waals surface area contributed by atoms with Crippen LogP contribution in [0.5, 0.6) is 0 Å². The lowest BCUT2D eigenvalue weighted by atomic mass is 9.89. The summed E-state index contributed by atoms with van der Waals surface area (Å²) in [6.45, 7) is 6.96. The average Bonchev–Trinajstić information content (AvgIpc) is 2.69. The van der Waals surface area contributed by atoms with Gasteiger partial charge in [-0.25, -0.2) is 4.39 Å². The standard InChI is InChI=1S/C23H29FN4OS/c1-5-11-28(4)20-9-6-16(13-15(20)2)21(29)26-17-7-8-19(24)18(14-17)23(3)10-12-30-22(25)27-23/h6-9,13-14H,5,10-12H2,1-4H3,(H2,25,27)(H,26,29). The molecule has 0 bridgehead atoms. The Morgan fingerprint density at radius 1 is 1.33 bits per heavy atom. The Kier molecular flexibility index (Phi) is 6.71. The van der Waals surface area contributed by atoms with Gasteiger partial charge < -0.3 is 16.0 Å². The van der Waals surface area contributed by atoms with E-state index in [-0.39, 0.29) is 11.7 Å². The summed E-state index contributed by atoms with van der Waals surface area (Å²) in [6.07, 6.45) is 1.73. The number of thioether (sulfide) groups is 1. The van der Waals surface area contributed by atoms with Gasteiger partial charge in [-0.2, -0.15) is 0 Å². The van der Waals surface area contributed by atoms with Crippen LogP contribution in [0, 0.1) is 12.7 Å². The summed E-state index contributed by atoms with van der Waals surface area (Å²) in [4.78, 5) is 19.5. The summed E-state index contributed by atoms with van der Waals surface area (Å²) < 4.78 is 14.6. The summed E-state index contributed by atoms with van der Waals surface area (Å²) in [6, 6.07) is 10.3. The minimum absolute atomic E-state index is 0.229. The average molecular weight is 429 g/mol. The molecule has 1 atom stereocenters. The lowest BCUT2D eigenvalue weighted by molar-refractivity contribution is 0.102. The van der Waals surface area contributed by atoms with E-state index in [4.69, 9.17) is 5.73 Å². The molecule has 1 unspecified atom stereocenters. The van der Waals surface area contributed by atoms with Gasteiger partial charge in [0, 0.05) is 41.8 Å². The van der Waals surface area contributed by atoms with E-state index in [9.17, 15) is 9.18 Å². The van der Waals surface area contributed by atoms with Crippen LogP contribution in [0.2, 0.25) is 0 Å². The van der Waals surface area contributed by atoms with Crippen molar-refractivity contribution in [1.29, 1.82) is 0 Å². The minimum Gasteiger partial charge on any atom is -0.379 e. The fraction of sp³-hybridized carbons (Fsp3) is 0.391. The SMILES string of the molecule is CCCN(C)c1ccc(C(=O)Nc2ccc(F)c(C3(C)CCSC(N)=N3)c2)cc1C. The van der Waals surface area contributed by atoms with Crippen molar-refractivity contribution in [2.75, 3.05) is 29.6 Å². The first kappa shape index (κ1) is 22.2. The van der Waals surface area contributed by atoms with Crippen molar-refractivity contribution in [2.45, 2.75) is 39.2 Å². The Bertz CT molecular complexity index is 978. The fourth-order valence-electron chi connectivity index (χ4n) is 3.78. The highest BCUT2D eigenvalue weighted by atomic mass is 32.2. The molecule has 0 spiro atoms. The lowest BCUT2D eigenvalue weighted by Gasteiger charge is -2.30. The lowest BCUT2D eigenvalue weighted by Crippen LogP contribution is -2.29. The summed E-state index contributed by atoms with van der Waals surface area (Å²) in [5.74, 6) is 0.200. The summed E-state index contributed by atoms with van der Waals surface area (Å²) in [5.41, 5.74) is 8.83. The van der Waals surface area contributed by atoms with Crippen LogP contribution < -0.4 is 16.0 Å². The number of aliphatic imine (C=N–C) groups is 1. The molecule has 0 saturated carbocycles. The minimum atomic E-state index is -0.734. The Balaban J connectivity index is 1.82. The number of anilines is 2. The van der Waals surface area contributed by atoms with E-state index in [0.29, 0.717) is 28.4 Å². The van der Waals surface area contributed by atoms with Crippen LogP contribution in [-0.4, -0.2) is 30.4 Å². The van der Waals surface area contributed by atoms with Crippen LogP contribution in [0.3, 0.4) is 0 Å². The zero-order chi connectivity index (χ0) is 21.9. The number of carbonyl (C=O) groups excluding carboxylic acids is 1. The monoisotopic (exact) mass is 428 g/mol. The van der Waals surface area contributed by atoms with Crippen molar-refractivity contribution >= 4 is 34.2 Å². The largest absolute Gasteiger partial charge is 0.379 e. The molecule has 30 heavy (non-hydrogen) atoms. The van der Waals surface area contributed by atoms with Crippen LogP contribution in [0.4, 0.5) is 15.8 Å². The number of carbonyl (C=O) groups is 1. The van der Waals surface area contributed by atoms with E-state index in [2.05, 4.69) is 22.1 Å². The molecule has 0 aliphatic carbocycles. The summed E-state index contributed by atoms with van der Waals surface area (Å²) in [7, 11) is 2.05. The normalized spacial score (nSPS) is 18.6. The molecule has 0 fully saturated rings. The van der Waals surface area contributed by atoms with Crippen LogP contribution in [0.25, 0.3) is 0 Å². The first-order valence-corrected chi connectivity index (χ1v) is 11.1. The third-order valence-electron chi connectivity index (χ3n) is 5.43. The Hall–Kier alpha value is -2.54. The Morgan fingerprint density at radius 3 is 2.77 bits per heavy atom. The van der Waals surface area contributed by atoms with Crippen molar-refractivity contribution in [2.24, 2.45) is 10.7 Å². The van der Waals surface area contributed by atoms with E-state index in [1.807, 2.05) is 39.1 Å². The van der Waals surface area contributed by atoms with Crippen molar-refractivity contribution < 1.29 is 9.18 Å². The van der Waals surface area contributed by atoms with Gasteiger partial charge in [0.1, 0.15) is 5.82 Å². The predicted molar refractivity (Wildman–Crippen MR) is 125 cm³/mol. The molecule has 7 heteroatoms. The number of amides is 1. The molecule has 3 rings (SSSR count). The number of nitrogens with one attached hydrogen (secondary N) is 1. The van der Waals surface area contributed by atoms with Crippen LogP contribution in [-0.2, 0) is 5.54 Å². The van der Waals surface area contributed by atoms with Gasteiger partial charge in [-0.1, -0.05) is 18.7 Å². The second kappa shape index (κ2) is 9.08. The molecule has 0 aromatic heterocycles. The van der Waals surface area contributed by atoms with E-state index in [1.54, 1.807) is 12.1 Å². The van der Waals surface area contributed by atoms with E-state index in [1.165, 1.54) is 17.8 Å². The van der Waals surface area contributed by atoms with Crippen LogP contribution in [0.1, 0.15) is 48.2 Å². The molecule has 1 heterocycles. The molecule has 5 nitrogen and oxygen atoms in total. The topological polar surface area (TPSA) is 70.7 Å². The Morgan fingerprint density at radius 2 is 2.10 bits per heavy atom. The molecule has 1 amide bonds. The number of benzene rings is 2. The van der Waals surface area contributed by atoms with Crippen molar-refractivity contribution in [3.63, 3.8) is 0 Å². The molecule has 0 saturated heterocycles. The predicted octanol–water partition coefficient (Wildman–Crippen LogP) is 4.90. The summed E-state index contributed by atoms with van der Waals surface area (Å²) >= 11 is 1.47. The van der Waals surface area contributed by atoms with Gasteiger partial charge in [0.15, 0.2) is 5.17 Å². The second-order valence-electron chi connectivity index (χ2n) is 7.89. The summed E-state index contributed by atoms with van der Waals surface area (Å²) in [5, 5.41) is 3.35. The molecule has 1 aliphatic rings. The Labute approximate surface area is 181 Å². The number of halogens is 1. The van der Waals surface area contributed by atoms with Gasteiger partial charge in [-0.15, -0.1) is 0 Å². The number of hydrogen-bond donors (Lipinski definition) is 2. The highest BCUT2D eigenvalue weighted by Crippen LogP contribution is 2.37. The van der Waals surface area contributed by atoms with Crippen LogP contribution in [0.15, 0.2) is 41.4 Å². The molecule has 3 N–H and O–H groups in total. The van der Waals surface area contributed by atoms with E-state index in [0.717, 1.165) is 30.0 Å². The zero-order valence-corrected chi connectivity index (χ0v) is 18.8. The maximum atomic E-state index is 14.6. The molecule has 0 radical (unpaired) electrons. The smallest absolute Gasteiger partial charge is 0.255 e. The van der Waals surface area contributed by atoms with Crippen molar-refractivity contribution in [3.8, 4) is 0 Å². The highest BCUT2D eigenvalue weighted by Gasteiger charge is 2.32. The first-order valence-electron chi connectivity index (χ1n) is 10.1. The van der Waals surface area contributed by atoms with Crippen LogP contribution >= 0.6 is 11.8 Å². The number of nitrogens with two attached hydrogens (primary N) is 1. The molecular weight excluding hydrogens is 399 g/mol. The number of hydrogen-bond acceptors (Lipinski definition) is 5. The van der Waals surface area contributed by atoms with Gasteiger partial charge in [0.25, 0.3) is 5.91 Å². The molecular formula is C23H29FN4OS. The van der Waals surface area contributed by atoms with E-state index >= 15 is 0 Å². The third kappa shape index (κ3) is 4.78. The molecule has 160 valence electrons. The second-order valence-corrected chi connectivity index (χ2v) is 9.01. The van der Waals surface area contributed by atoms with Gasteiger partial charge in [0.05, 0.1) is 5.54 Å². The molecule has 1 aliphatic heterocycles. The fourth-order valence-corrected chi connectivity index (χ4v) is 4.76. The highest BCUT2D eigenvalue weighted by molar-refractivity contribution is 8.13. The van der Waals surface area contributed by atoms with Gasteiger partial charge >= 0.3 is 0 Å². The zero-order valence-electron chi connectivity index (χ0n) is 18.0. The maximum Gasteiger partial charge on any atom is 0.255 e. The van der Waals surface area contributed by atoms with E-state index < -0.39 is 5.54 Å². The third-order valence-corrected chi connectivity index (χ3v) is 6.22. The van der Waals surface area contributed by atoms with Gasteiger partial charge in [-0.05, 0) is 68.7 Å². The first-order chi connectivity index (χ1) is 14.2. The van der Waals surface area contributed by atoms with Crippen molar-refractivity contribution in [3.05, 3.63) is 58.9 Å². The van der Waals surface area contributed by atoms with Gasteiger partial charge in [-0.3, -0.25) is 9.79 Å². The number of nitrogens with zero attached hydrogens (tertiary/aromatic N) is 2. The van der Waals surface area contributed by atoms with Gasteiger partial charge in [0.2, 0.25) is 0 Å². The number of amidine groups is 1. The maximum absolute atomic E-state index is 14.6. The quantitative estimate of drug-likeness (QED) is 0.687. The number of rotatable bonds is 6.